The van der Waals surface area contributed by atoms with Gasteiger partial charge in [-0.3, -0.25) is 10.1 Å². The fraction of sp³-hybridized carbons (Fsp3) is 0.167. The number of nitrogens with zero attached hydrogens (tertiary/aromatic N) is 1. The summed E-state index contributed by atoms with van der Waals surface area (Å²) in [7, 11) is 0. The summed E-state index contributed by atoms with van der Waals surface area (Å²) < 4.78 is 0. The molecule has 0 fully saturated rings. The highest BCUT2D eigenvalue weighted by Gasteiger charge is 2.08. The van der Waals surface area contributed by atoms with Gasteiger partial charge in [-0.1, -0.05) is 0 Å². The molecule has 5 nitrogen and oxygen atoms in total. The lowest BCUT2D eigenvalue weighted by Crippen LogP contribution is -2.02. The van der Waals surface area contributed by atoms with Crippen molar-refractivity contribution in [3.63, 3.8) is 0 Å². The molecule has 0 spiro atoms. The van der Waals surface area contributed by atoms with E-state index in [1.54, 1.807) is 23.5 Å². The van der Waals surface area contributed by atoms with Gasteiger partial charge in [0, 0.05) is 28.4 Å². The SMILES string of the molecule is Cc1cc([N+](=O)[O-])ccc1NCc1sccc1N. The number of hydrogen-bond acceptors (Lipinski definition) is 5. The maximum Gasteiger partial charge on any atom is 0.269 e. The zero-order valence-electron chi connectivity index (χ0n) is 9.84. The van der Waals surface area contributed by atoms with Crippen LogP contribution in [0.2, 0.25) is 0 Å². The molecule has 1 aromatic carbocycles. The molecular formula is C12H13N3O2S. The van der Waals surface area contributed by atoms with Gasteiger partial charge in [0.25, 0.3) is 5.69 Å². The fourth-order valence-corrected chi connectivity index (χ4v) is 2.37. The third-order valence-electron chi connectivity index (χ3n) is 2.64. The zero-order chi connectivity index (χ0) is 13.1. The van der Waals surface area contributed by atoms with E-state index >= 15 is 0 Å². The molecular weight excluding hydrogens is 250 g/mol. The van der Waals surface area contributed by atoms with Crippen molar-refractivity contribution in [3.05, 3.63) is 50.2 Å². The van der Waals surface area contributed by atoms with E-state index in [4.69, 9.17) is 5.73 Å². The average Bonchev–Trinajstić information content (AvgIpc) is 2.73. The van der Waals surface area contributed by atoms with Gasteiger partial charge in [-0.05, 0) is 30.0 Å². The Bertz CT molecular complexity index is 580. The smallest absolute Gasteiger partial charge is 0.269 e. The molecule has 0 radical (unpaired) electrons. The Morgan fingerprint density at radius 3 is 2.78 bits per heavy atom. The van der Waals surface area contributed by atoms with Crippen molar-refractivity contribution in [1.29, 1.82) is 0 Å². The molecule has 2 rings (SSSR count). The summed E-state index contributed by atoms with van der Waals surface area (Å²) in [6, 6.07) is 6.63. The van der Waals surface area contributed by atoms with Crippen LogP contribution in [0.4, 0.5) is 17.1 Å². The maximum absolute atomic E-state index is 10.6. The van der Waals surface area contributed by atoms with Crippen LogP contribution in [0.25, 0.3) is 0 Å². The highest BCUT2D eigenvalue weighted by Crippen LogP contribution is 2.24. The number of nitrogen functional groups attached to an aromatic ring is 1. The molecule has 0 amide bonds. The number of nitrogens with two attached hydrogens (primary N) is 1. The highest BCUT2D eigenvalue weighted by atomic mass is 32.1. The molecule has 94 valence electrons. The molecule has 18 heavy (non-hydrogen) atoms. The Morgan fingerprint density at radius 2 is 2.22 bits per heavy atom. The van der Waals surface area contributed by atoms with Crippen molar-refractivity contribution in [1.82, 2.24) is 0 Å². The number of thiophene rings is 1. The van der Waals surface area contributed by atoms with Gasteiger partial charge in [0.05, 0.1) is 11.5 Å². The number of hydrogen-bond donors (Lipinski definition) is 2. The van der Waals surface area contributed by atoms with Crippen molar-refractivity contribution in [2.24, 2.45) is 0 Å². The van der Waals surface area contributed by atoms with E-state index in [-0.39, 0.29) is 5.69 Å². The number of anilines is 2. The average molecular weight is 263 g/mol. The summed E-state index contributed by atoms with van der Waals surface area (Å²) in [6.07, 6.45) is 0. The topological polar surface area (TPSA) is 81.2 Å². The van der Waals surface area contributed by atoms with Gasteiger partial charge in [-0.25, -0.2) is 0 Å². The highest BCUT2D eigenvalue weighted by molar-refractivity contribution is 7.10. The Balaban J connectivity index is 2.11. The van der Waals surface area contributed by atoms with Crippen LogP contribution in [0.1, 0.15) is 10.4 Å². The van der Waals surface area contributed by atoms with Crippen LogP contribution in [0.3, 0.4) is 0 Å². The van der Waals surface area contributed by atoms with Crippen LogP contribution in [0.5, 0.6) is 0 Å². The van der Waals surface area contributed by atoms with E-state index in [2.05, 4.69) is 5.32 Å². The lowest BCUT2D eigenvalue weighted by Gasteiger charge is -2.08. The van der Waals surface area contributed by atoms with Gasteiger partial charge in [-0.2, -0.15) is 0 Å². The monoisotopic (exact) mass is 263 g/mol. The summed E-state index contributed by atoms with van der Waals surface area (Å²) in [5, 5.41) is 15.8. The minimum atomic E-state index is -0.395. The molecule has 0 bridgehead atoms. The molecule has 0 unspecified atom stereocenters. The fourth-order valence-electron chi connectivity index (χ4n) is 1.63. The number of benzene rings is 1. The Kier molecular flexibility index (Phi) is 3.47. The van der Waals surface area contributed by atoms with Gasteiger partial charge in [-0.15, -0.1) is 11.3 Å². The first-order valence-electron chi connectivity index (χ1n) is 5.38. The lowest BCUT2D eigenvalue weighted by atomic mass is 10.2. The predicted molar refractivity (Wildman–Crippen MR) is 73.9 cm³/mol. The molecule has 0 aliphatic rings. The first-order valence-corrected chi connectivity index (χ1v) is 6.26. The standard InChI is InChI=1S/C12H13N3O2S/c1-8-6-9(15(16)17)2-3-11(8)14-7-12-10(13)4-5-18-12/h2-6,14H,7,13H2,1H3. The van der Waals surface area contributed by atoms with Crippen LogP contribution in [-0.4, -0.2) is 4.92 Å². The number of aryl methyl sites for hydroxylation is 1. The van der Waals surface area contributed by atoms with E-state index in [0.29, 0.717) is 6.54 Å². The largest absolute Gasteiger partial charge is 0.398 e. The van der Waals surface area contributed by atoms with Crippen molar-refractivity contribution < 1.29 is 4.92 Å². The summed E-state index contributed by atoms with van der Waals surface area (Å²) >= 11 is 1.59. The van der Waals surface area contributed by atoms with Crippen molar-refractivity contribution >= 4 is 28.4 Å². The van der Waals surface area contributed by atoms with Gasteiger partial charge in [0.1, 0.15) is 0 Å². The molecule has 3 N–H and O–H groups in total. The summed E-state index contributed by atoms with van der Waals surface area (Å²) in [4.78, 5) is 11.3. The minimum absolute atomic E-state index is 0.105. The second-order valence-electron chi connectivity index (χ2n) is 3.91. The van der Waals surface area contributed by atoms with Crippen LogP contribution < -0.4 is 11.1 Å². The second-order valence-corrected chi connectivity index (χ2v) is 4.91. The van der Waals surface area contributed by atoms with Gasteiger partial charge < -0.3 is 11.1 Å². The molecule has 2 aromatic rings. The Morgan fingerprint density at radius 1 is 1.44 bits per heavy atom. The summed E-state index contributed by atoms with van der Waals surface area (Å²) in [6.45, 7) is 2.47. The number of nitro benzene ring substituents is 1. The molecule has 0 saturated heterocycles. The van der Waals surface area contributed by atoms with Crippen LogP contribution >= 0.6 is 11.3 Å². The molecule has 0 aliphatic carbocycles. The van der Waals surface area contributed by atoms with E-state index in [0.717, 1.165) is 21.8 Å². The Labute approximate surface area is 108 Å². The first kappa shape index (κ1) is 12.4. The molecule has 1 heterocycles. The number of non-ortho nitro benzene ring substituents is 1. The van der Waals surface area contributed by atoms with Crippen molar-refractivity contribution in [2.45, 2.75) is 13.5 Å². The van der Waals surface area contributed by atoms with Gasteiger partial charge in [0.2, 0.25) is 0 Å². The van der Waals surface area contributed by atoms with Crippen LogP contribution in [0, 0.1) is 17.0 Å². The van der Waals surface area contributed by atoms with Gasteiger partial charge >= 0.3 is 0 Å². The van der Waals surface area contributed by atoms with Crippen molar-refractivity contribution in [2.75, 3.05) is 11.1 Å². The lowest BCUT2D eigenvalue weighted by molar-refractivity contribution is -0.384. The summed E-state index contributed by atoms with van der Waals surface area (Å²) in [5.41, 5.74) is 8.39. The molecule has 6 heteroatoms. The predicted octanol–water partition coefficient (Wildman–Crippen LogP) is 3.16. The molecule has 0 aliphatic heterocycles. The van der Waals surface area contributed by atoms with Gasteiger partial charge in [0.15, 0.2) is 0 Å². The van der Waals surface area contributed by atoms with Crippen molar-refractivity contribution in [3.8, 4) is 0 Å². The normalized spacial score (nSPS) is 10.3. The van der Waals surface area contributed by atoms with E-state index in [9.17, 15) is 10.1 Å². The molecule has 0 atom stereocenters. The molecule has 1 aromatic heterocycles. The maximum atomic E-state index is 10.6. The Hall–Kier alpha value is -2.08. The molecule has 0 saturated carbocycles. The zero-order valence-corrected chi connectivity index (χ0v) is 10.7. The minimum Gasteiger partial charge on any atom is -0.398 e. The van der Waals surface area contributed by atoms with E-state index in [1.807, 2.05) is 18.4 Å². The van der Waals surface area contributed by atoms with E-state index in [1.165, 1.54) is 6.07 Å². The first-order chi connectivity index (χ1) is 8.58. The number of nitro groups is 1. The quantitative estimate of drug-likeness (QED) is 0.655. The van der Waals surface area contributed by atoms with E-state index < -0.39 is 4.92 Å². The number of rotatable bonds is 4. The summed E-state index contributed by atoms with van der Waals surface area (Å²) in [5.74, 6) is 0. The third-order valence-corrected chi connectivity index (χ3v) is 3.58. The van der Waals surface area contributed by atoms with Crippen LogP contribution in [0.15, 0.2) is 29.6 Å². The third kappa shape index (κ3) is 2.60. The number of nitrogens with one attached hydrogen (secondary N) is 1. The van der Waals surface area contributed by atoms with Crippen LogP contribution in [-0.2, 0) is 6.54 Å². The second kappa shape index (κ2) is 5.05.